The van der Waals surface area contributed by atoms with Gasteiger partial charge < -0.3 is 0 Å². The number of hydrogen-bond acceptors (Lipinski definition) is 4. The molecule has 0 aliphatic heterocycles. The maximum Gasteiger partial charge on any atom is 0.184 e. The SMILES string of the molecule is CCCCCCCCCCCC(CCSC(C)(C)C)(CCSC(C)(C)C)S(=O)(=O)c1ccccc1. The number of unbranched alkanes of at least 4 members (excludes halogenated alkanes) is 8. The molecular formula is C30H54O2S3. The molecule has 0 bridgehead atoms. The smallest absolute Gasteiger partial charge is 0.184 e. The summed E-state index contributed by atoms with van der Waals surface area (Å²) in [5.74, 6) is 1.76. The largest absolute Gasteiger partial charge is 0.223 e. The van der Waals surface area contributed by atoms with Gasteiger partial charge in [0.25, 0.3) is 0 Å². The Morgan fingerprint density at radius 2 is 1.06 bits per heavy atom. The number of benzene rings is 1. The van der Waals surface area contributed by atoms with E-state index in [1.54, 1.807) is 12.1 Å². The van der Waals surface area contributed by atoms with Gasteiger partial charge in [-0.25, -0.2) is 8.42 Å². The number of hydrogen-bond donors (Lipinski definition) is 0. The highest BCUT2D eigenvalue weighted by Gasteiger charge is 2.43. The fourth-order valence-electron chi connectivity index (χ4n) is 4.47. The van der Waals surface area contributed by atoms with Crippen LogP contribution < -0.4 is 0 Å². The molecular weight excluding hydrogens is 489 g/mol. The molecule has 1 rings (SSSR count). The lowest BCUT2D eigenvalue weighted by Gasteiger charge is -2.35. The Hall–Kier alpha value is -0.130. The highest BCUT2D eigenvalue weighted by atomic mass is 32.2. The maximum atomic E-state index is 14.2. The zero-order valence-corrected chi connectivity index (χ0v) is 26.3. The van der Waals surface area contributed by atoms with Crippen molar-refractivity contribution in [2.45, 2.75) is 145 Å². The first-order valence-electron chi connectivity index (χ1n) is 13.9. The molecule has 204 valence electrons. The third-order valence-electron chi connectivity index (χ3n) is 6.55. The van der Waals surface area contributed by atoms with Crippen molar-refractivity contribution in [1.82, 2.24) is 0 Å². The topological polar surface area (TPSA) is 34.1 Å². The summed E-state index contributed by atoms with van der Waals surface area (Å²) >= 11 is 3.79. The van der Waals surface area contributed by atoms with Gasteiger partial charge in [0, 0.05) is 9.49 Å². The predicted octanol–water partition coefficient (Wildman–Crippen LogP) is 9.96. The van der Waals surface area contributed by atoms with Gasteiger partial charge in [0.05, 0.1) is 9.64 Å². The fourth-order valence-corrected chi connectivity index (χ4v) is 9.11. The van der Waals surface area contributed by atoms with Gasteiger partial charge in [0.1, 0.15) is 0 Å². The van der Waals surface area contributed by atoms with Crippen molar-refractivity contribution >= 4 is 33.4 Å². The monoisotopic (exact) mass is 542 g/mol. The second kappa shape index (κ2) is 16.0. The third kappa shape index (κ3) is 13.3. The van der Waals surface area contributed by atoms with Crippen LogP contribution in [0.15, 0.2) is 35.2 Å². The van der Waals surface area contributed by atoms with Gasteiger partial charge in [-0.2, -0.15) is 23.5 Å². The lowest BCUT2D eigenvalue weighted by molar-refractivity contribution is 0.433. The van der Waals surface area contributed by atoms with Crippen molar-refractivity contribution < 1.29 is 8.42 Å². The average Bonchev–Trinajstić information content (AvgIpc) is 2.76. The van der Waals surface area contributed by atoms with Crippen LogP contribution in [0.3, 0.4) is 0 Å². The molecule has 2 nitrogen and oxygen atoms in total. The molecule has 35 heavy (non-hydrogen) atoms. The van der Waals surface area contributed by atoms with Crippen LogP contribution in [0.2, 0.25) is 0 Å². The molecule has 0 N–H and O–H groups in total. The van der Waals surface area contributed by atoms with Crippen molar-refractivity contribution in [3.05, 3.63) is 30.3 Å². The minimum Gasteiger partial charge on any atom is -0.223 e. The summed E-state index contributed by atoms with van der Waals surface area (Å²) in [6.07, 6.45) is 13.5. The first kappa shape index (κ1) is 32.9. The summed E-state index contributed by atoms with van der Waals surface area (Å²) in [5, 5.41) is 0. The molecule has 0 radical (unpaired) electrons. The minimum atomic E-state index is -3.43. The molecule has 0 unspecified atom stereocenters. The Morgan fingerprint density at radius 3 is 1.49 bits per heavy atom. The number of rotatable bonds is 18. The van der Waals surface area contributed by atoms with Gasteiger partial charge in [-0.05, 0) is 42.9 Å². The Bertz CT molecular complexity index is 754. The summed E-state index contributed by atoms with van der Waals surface area (Å²) in [7, 11) is -3.43. The Labute approximate surface area is 227 Å². The zero-order valence-electron chi connectivity index (χ0n) is 23.8. The van der Waals surface area contributed by atoms with Crippen molar-refractivity contribution in [2.75, 3.05) is 11.5 Å². The molecule has 5 heteroatoms. The molecule has 0 fully saturated rings. The van der Waals surface area contributed by atoms with Crippen LogP contribution in [0, 0.1) is 0 Å². The van der Waals surface area contributed by atoms with E-state index in [-0.39, 0.29) is 9.49 Å². The third-order valence-corrected chi connectivity index (χ3v) is 11.7. The fraction of sp³-hybridized carbons (Fsp3) is 0.800. The summed E-state index contributed by atoms with van der Waals surface area (Å²) in [6.45, 7) is 15.6. The summed E-state index contributed by atoms with van der Waals surface area (Å²) in [4.78, 5) is 0.498. The van der Waals surface area contributed by atoms with Crippen molar-refractivity contribution in [2.24, 2.45) is 0 Å². The second-order valence-electron chi connectivity index (χ2n) is 12.0. The molecule has 0 saturated heterocycles. The van der Waals surface area contributed by atoms with Gasteiger partial charge in [0.2, 0.25) is 0 Å². The second-order valence-corrected chi connectivity index (χ2v) is 18.2. The molecule has 0 aliphatic rings. The standard InChI is InChI=1S/C30H54O2S3/c1-8-9-10-11-12-13-14-15-19-22-30(23-25-33-28(2,3)4,24-26-34-29(5,6)7)35(31,32)27-20-17-16-18-21-27/h16-18,20-21H,8-15,19,22-26H2,1-7H3. The summed E-state index contributed by atoms with van der Waals surface area (Å²) in [5.41, 5.74) is 0. The van der Waals surface area contributed by atoms with E-state index < -0.39 is 14.6 Å². The molecule has 0 aromatic heterocycles. The van der Waals surface area contributed by atoms with E-state index in [0.717, 1.165) is 43.6 Å². The highest BCUT2D eigenvalue weighted by Crippen LogP contribution is 2.41. The van der Waals surface area contributed by atoms with Crippen molar-refractivity contribution in [3.63, 3.8) is 0 Å². The van der Waals surface area contributed by atoms with Gasteiger partial charge in [0.15, 0.2) is 9.84 Å². The number of thioether (sulfide) groups is 2. The predicted molar refractivity (Wildman–Crippen MR) is 162 cm³/mol. The van der Waals surface area contributed by atoms with E-state index in [1.165, 1.54) is 44.9 Å². The van der Waals surface area contributed by atoms with E-state index in [9.17, 15) is 8.42 Å². The van der Waals surface area contributed by atoms with E-state index in [0.29, 0.717) is 4.90 Å². The molecule has 1 aromatic rings. The van der Waals surface area contributed by atoms with Gasteiger partial charge in [-0.1, -0.05) is 124 Å². The van der Waals surface area contributed by atoms with Crippen LogP contribution in [0.4, 0.5) is 0 Å². The van der Waals surface area contributed by atoms with Crippen LogP contribution in [-0.4, -0.2) is 34.2 Å². The van der Waals surface area contributed by atoms with Crippen LogP contribution in [-0.2, 0) is 9.84 Å². The molecule has 0 spiro atoms. The first-order valence-corrected chi connectivity index (χ1v) is 17.4. The van der Waals surface area contributed by atoms with E-state index >= 15 is 0 Å². The van der Waals surface area contributed by atoms with Gasteiger partial charge in [-0.15, -0.1) is 0 Å². The summed E-state index contributed by atoms with van der Waals surface area (Å²) < 4.78 is 28.0. The highest BCUT2D eigenvalue weighted by molar-refractivity contribution is 8.01. The minimum absolute atomic E-state index is 0.139. The molecule has 1 aromatic carbocycles. The Kier molecular flexibility index (Phi) is 15.0. The molecule has 0 aliphatic carbocycles. The quantitative estimate of drug-likeness (QED) is 0.173. The van der Waals surface area contributed by atoms with Crippen LogP contribution in [0.5, 0.6) is 0 Å². The maximum absolute atomic E-state index is 14.2. The van der Waals surface area contributed by atoms with E-state index in [2.05, 4.69) is 48.5 Å². The van der Waals surface area contributed by atoms with Gasteiger partial charge >= 0.3 is 0 Å². The van der Waals surface area contributed by atoms with Crippen molar-refractivity contribution in [3.8, 4) is 0 Å². The van der Waals surface area contributed by atoms with Crippen LogP contribution in [0.25, 0.3) is 0 Å². The van der Waals surface area contributed by atoms with Crippen LogP contribution in [0.1, 0.15) is 126 Å². The summed E-state index contributed by atoms with van der Waals surface area (Å²) in [6, 6.07) is 9.24. The zero-order chi connectivity index (χ0) is 26.4. The Balaban J connectivity index is 3.02. The first-order chi connectivity index (χ1) is 16.3. The number of sulfone groups is 1. The van der Waals surface area contributed by atoms with E-state index in [1.807, 2.05) is 41.7 Å². The van der Waals surface area contributed by atoms with Gasteiger partial charge in [-0.3, -0.25) is 0 Å². The van der Waals surface area contributed by atoms with E-state index in [4.69, 9.17) is 0 Å². The molecule has 0 amide bonds. The molecule has 0 atom stereocenters. The average molecular weight is 543 g/mol. The lowest BCUT2D eigenvalue weighted by atomic mass is 9.94. The molecule has 0 saturated carbocycles. The van der Waals surface area contributed by atoms with Crippen molar-refractivity contribution in [1.29, 1.82) is 0 Å². The normalized spacial score (nSPS) is 13.3. The van der Waals surface area contributed by atoms with Crippen LogP contribution >= 0.6 is 23.5 Å². The lowest BCUT2D eigenvalue weighted by Crippen LogP contribution is -2.41. The molecule has 0 heterocycles. The Morgan fingerprint density at radius 1 is 0.629 bits per heavy atom.